The zero-order chi connectivity index (χ0) is 23.1. The number of carbonyl (C=O) groups excluding carboxylic acids is 1. The molecule has 32 heavy (non-hydrogen) atoms. The van der Waals surface area contributed by atoms with Crippen LogP contribution < -0.4 is 24.8 Å². The minimum absolute atomic E-state index is 0.0194. The van der Waals surface area contributed by atoms with Gasteiger partial charge in [-0.05, 0) is 43.2 Å². The molecule has 0 aliphatic carbocycles. The molecule has 170 valence electrons. The smallest absolute Gasteiger partial charge is 0.217 e. The van der Waals surface area contributed by atoms with Crippen LogP contribution in [0.4, 0.5) is 5.82 Å². The number of nitrogens with one attached hydrogen (secondary N) is 2. The Hall–Kier alpha value is -3.55. The molecule has 3 aromatic rings. The standard InChI is InChI=1S/C24H30N4O4/c1-6-17(27-15(2)29)9-11-26-24-18-8-7-10-25-20(18)14-19(28-24)16-12-21(30-3)23(32-5)22(13-16)31-4/h7-8,10,12-14,17H,6,9,11H2,1-5H3,(H,26,28)(H,27,29). The Morgan fingerprint density at radius 3 is 2.41 bits per heavy atom. The zero-order valence-electron chi connectivity index (χ0n) is 19.2. The molecule has 3 rings (SSSR count). The van der Waals surface area contributed by atoms with Crippen molar-refractivity contribution in [2.24, 2.45) is 0 Å². The van der Waals surface area contributed by atoms with Gasteiger partial charge in [0.25, 0.3) is 0 Å². The molecule has 0 radical (unpaired) electrons. The third-order valence-electron chi connectivity index (χ3n) is 5.25. The molecule has 0 saturated carbocycles. The topological polar surface area (TPSA) is 94.6 Å². The highest BCUT2D eigenvalue weighted by atomic mass is 16.5. The second-order valence-electron chi connectivity index (χ2n) is 7.36. The van der Waals surface area contributed by atoms with E-state index in [9.17, 15) is 4.79 Å². The molecular weight excluding hydrogens is 408 g/mol. The van der Waals surface area contributed by atoms with E-state index in [0.29, 0.717) is 23.8 Å². The molecule has 0 aliphatic rings. The van der Waals surface area contributed by atoms with E-state index in [1.54, 1.807) is 27.5 Å². The van der Waals surface area contributed by atoms with E-state index in [1.807, 2.05) is 30.3 Å². The number of hydrogen-bond acceptors (Lipinski definition) is 7. The summed E-state index contributed by atoms with van der Waals surface area (Å²) in [7, 11) is 4.75. The Labute approximate surface area is 188 Å². The van der Waals surface area contributed by atoms with Crippen LogP contribution in [0.5, 0.6) is 17.2 Å². The predicted molar refractivity (Wildman–Crippen MR) is 126 cm³/mol. The molecule has 2 heterocycles. The van der Waals surface area contributed by atoms with Crippen molar-refractivity contribution in [2.75, 3.05) is 33.2 Å². The lowest BCUT2D eigenvalue weighted by Crippen LogP contribution is -2.34. The Morgan fingerprint density at radius 1 is 1.09 bits per heavy atom. The van der Waals surface area contributed by atoms with Gasteiger partial charge >= 0.3 is 0 Å². The highest BCUT2D eigenvalue weighted by Crippen LogP contribution is 2.41. The van der Waals surface area contributed by atoms with Gasteiger partial charge in [-0.3, -0.25) is 9.78 Å². The highest BCUT2D eigenvalue weighted by Gasteiger charge is 2.16. The summed E-state index contributed by atoms with van der Waals surface area (Å²) in [4.78, 5) is 20.8. The Balaban J connectivity index is 1.97. The largest absolute Gasteiger partial charge is 0.493 e. The lowest BCUT2D eigenvalue weighted by Gasteiger charge is -2.17. The van der Waals surface area contributed by atoms with Gasteiger partial charge in [0.1, 0.15) is 5.82 Å². The van der Waals surface area contributed by atoms with Crippen molar-refractivity contribution in [1.82, 2.24) is 15.3 Å². The molecule has 8 heteroatoms. The van der Waals surface area contributed by atoms with Crippen molar-refractivity contribution in [3.63, 3.8) is 0 Å². The lowest BCUT2D eigenvalue weighted by atomic mass is 10.1. The number of fused-ring (bicyclic) bond motifs is 1. The molecule has 2 aromatic heterocycles. The van der Waals surface area contributed by atoms with E-state index in [-0.39, 0.29) is 11.9 Å². The summed E-state index contributed by atoms with van der Waals surface area (Å²) in [5.41, 5.74) is 2.37. The maximum Gasteiger partial charge on any atom is 0.217 e. The van der Waals surface area contributed by atoms with Gasteiger partial charge in [0.2, 0.25) is 11.7 Å². The number of pyridine rings is 2. The summed E-state index contributed by atoms with van der Waals surface area (Å²) in [6.07, 6.45) is 3.41. The van der Waals surface area contributed by atoms with Gasteiger partial charge in [-0.2, -0.15) is 0 Å². The van der Waals surface area contributed by atoms with Crippen LogP contribution in [0, 0.1) is 0 Å². The molecule has 1 unspecified atom stereocenters. The number of aromatic nitrogens is 2. The second-order valence-corrected chi connectivity index (χ2v) is 7.36. The van der Waals surface area contributed by atoms with Crippen LogP contribution in [0.25, 0.3) is 22.2 Å². The van der Waals surface area contributed by atoms with Crippen LogP contribution in [-0.2, 0) is 4.79 Å². The van der Waals surface area contributed by atoms with Gasteiger partial charge in [-0.1, -0.05) is 6.92 Å². The van der Waals surface area contributed by atoms with Gasteiger partial charge in [0, 0.05) is 36.7 Å². The summed E-state index contributed by atoms with van der Waals surface area (Å²) < 4.78 is 16.4. The van der Waals surface area contributed by atoms with Gasteiger partial charge in [0.05, 0.1) is 32.5 Å². The summed E-state index contributed by atoms with van der Waals surface area (Å²) in [6.45, 7) is 4.26. The second kappa shape index (κ2) is 10.7. The Bertz CT molecular complexity index is 1060. The fraction of sp³-hybridized carbons (Fsp3) is 0.375. The molecule has 0 bridgehead atoms. The number of rotatable bonds is 10. The van der Waals surface area contributed by atoms with E-state index >= 15 is 0 Å². The van der Waals surface area contributed by atoms with Crippen molar-refractivity contribution >= 4 is 22.6 Å². The molecule has 1 amide bonds. The maximum atomic E-state index is 11.4. The van der Waals surface area contributed by atoms with Crippen molar-refractivity contribution in [3.05, 3.63) is 36.5 Å². The Kier molecular flexibility index (Phi) is 7.70. The average Bonchev–Trinajstić information content (AvgIpc) is 2.81. The van der Waals surface area contributed by atoms with E-state index in [0.717, 1.165) is 40.8 Å². The monoisotopic (exact) mass is 438 g/mol. The zero-order valence-corrected chi connectivity index (χ0v) is 19.2. The van der Waals surface area contributed by atoms with Crippen LogP contribution >= 0.6 is 0 Å². The fourth-order valence-corrected chi connectivity index (χ4v) is 3.62. The van der Waals surface area contributed by atoms with Gasteiger partial charge in [0.15, 0.2) is 11.5 Å². The summed E-state index contributed by atoms with van der Waals surface area (Å²) in [5.74, 6) is 2.35. The summed E-state index contributed by atoms with van der Waals surface area (Å²) in [6, 6.07) is 9.66. The third kappa shape index (κ3) is 5.19. The minimum atomic E-state index is -0.0194. The van der Waals surface area contributed by atoms with E-state index in [1.165, 1.54) is 6.92 Å². The normalized spacial score (nSPS) is 11.7. The highest BCUT2D eigenvalue weighted by molar-refractivity contribution is 5.92. The molecule has 1 atom stereocenters. The maximum absolute atomic E-state index is 11.4. The molecule has 2 N–H and O–H groups in total. The molecular formula is C24H30N4O4. The molecule has 0 spiro atoms. The van der Waals surface area contributed by atoms with Crippen LogP contribution in [0.1, 0.15) is 26.7 Å². The van der Waals surface area contributed by atoms with Crippen LogP contribution in [0.3, 0.4) is 0 Å². The Morgan fingerprint density at radius 2 is 1.81 bits per heavy atom. The molecule has 0 fully saturated rings. The van der Waals surface area contributed by atoms with Crippen molar-refractivity contribution in [3.8, 4) is 28.5 Å². The number of benzene rings is 1. The van der Waals surface area contributed by atoms with Gasteiger partial charge < -0.3 is 24.8 Å². The van der Waals surface area contributed by atoms with E-state index in [2.05, 4.69) is 22.5 Å². The predicted octanol–water partition coefficient (Wildman–Crippen LogP) is 4.04. The fourth-order valence-electron chi connectivity index (χ4n) is 3.62. The third-order valence-corrected chi connectivity index (χ3v) is 5.25. The first-order chi connectivity index (χ1) is 15.5. The lowest BCUT2D eigenvalue weighted by molar-refractivity contribution is -0.119. The number of methoxy groups -OCH3 is 3. The van der Waals surface area contributed by atoms with Gasteiger partial charge in [-0.25, -0.2) is 4.98 Å². The minimum Gasteiger partial charge on any atom is -0.493 e. The van der Waals surface area contributed by atoms with Gasteiger partial charge in [-0.15, -0.1) is 0 Å². The van der Waals surface area contributed by atoms with E-state index < -0.39 is 0 Å². The number of amides is 1. The SMILES string of the molecule is CCC(CCNc1nc(-c2cc(OC)c(OC)c(OC)c2)cc2ncccc12)NC(C)=O. The van der Waals surface area contributed by atoms with Crippen LogP contribution in [-0.4, -0.2) is 49.8 Å². The summed E-state index contributed by atoms with van der Waals surface area (Å²) in [5, 5.41) is 7.33. The quantitative estimate of drug-likeness (QED) is 0.493. The molecule has 0 saturated heterocycles. The number of ether oxygens (including phenoxy) is 3. The first kappa shape index (κ1) is 23.1. The first-order valence-corrected chi connectivity index (χ1v) is 10.6. The van der Waals surface area contributed by atoms with Crippen LogP contribution in [0.15, 0.2) is 36.5 Å². The van der Waals surface area contributed by atoms with Crippen LogP contribution in [0.2, 0.25) is 0 Å². The van der Waals surface area contributed by atoms with Crippen molar-refractivity contribution in [2.45, 2.75) is 32.7 Å². The van der Waals surface area contributed by atoms with Crippen molar-refractivity contribution < 1.29 is 19.0 Å². The molecule has 0 aliphatic heterocycles. The first-order valence-electron chi connectivity index (χ1n) is 10.6. The number of anilines is 1. The number of hydrogen-bond donors (Lipinski definition) is 2. The molecule has 1 aromatic carbocycles. The average molecular weight is 439 g/mol. The molecule has 8 nitrogen and oxygen atoms in total. The van der Waals surface area contributed by atoms with Crippen molar-refractivity contribution in [1.29, 1.82) is 0 Å². The summed E-state index contributed by atoms with van der Waals surface area (Å²) >= 11 is 0. The number of nitrogens with zero attached hydrogens (tertiary/aromatic N) is 2. The van der Waals surface area contributed by atoms with E-state index in [4.69, 9.17) is 19.2 Å². The number of carbonyl (C=O) groups is 1.